The fourth-order valence-electron chi connectivity index (χ4n) is 4.19. The average Bonchev–Trinajstić information content (AvgIpc) is 3.15. The topological polar surface area (TPSA) is 104 Å². The van der Waals surface area contributed by atoms with E-state index in [1.807, 2.05) is 12.3 Å². The molecular weight excluding hydrogens is 400 g/mol. The van der Waals surface area contributed by atoms with E-state index in [-0.39, 0.29) is 17.4 Å². The Balaban J connectivity index is 1.76. The standard InChI is InChI=1S/C22H22N4O5/c1-31-21-10-9-19(26(29)30)14-17(21)15-24-13-3-12-23-11-2-4-20(23)22(24)16-5-7-18(8-6-16)25(27)28/h2,4-11,14,22H,3,12-13,15H2,1H3/t22-/m1/s1. The van der Waals surface area contributed by atoms with Crippen LogP contribution in [0.15, 0.2) is 60.8 Å². The number of ether oxygens (including phenoxy) is 1. The minimum absolute atomic E-state index is 0.0147. The molecule has 2 heterocycles. The molecule has 0 bridgehead atoms. The van der Waals surface area contributed by atoms with Crippen LogP contribution in [0.5, 0.6) is 5.75 Å². The smallest absolute Gasteiger partial charge is 0.270 e. The highest BCUT2D eigenvalue weighted by atomic mass is 16.6. The molecule has 0 spiro atoms. The number of non-ortho nitro benzene ring substituents is 2. The van der Waals surface area contributed by atoms with Crippen LogP contribution in [0.2, 0.25) is 0 Å². The Labute approximate surface area is 178 Å². The predicted molar refractivity (Wildman–Crippen MR) is 114 cm³/mol. The highest BCUT2D eigenvalue weighted by Gasteiger charge is 2.29. The van der Waals surface area contributed by atoms with Crippen LogP contribution in [0.25, 0.3) is 0 Å². The van der Waals surface area contributed by atoms with E-state index in [1.165, 1.54) is 18.2 Å². The van der Waals surface area contributed by atoms with Crippen LogP contribution in [-0.4, -0.2) is 33.0 Å². The van der Waals surface area contributed by atoms with Crippen LogP contribution < -0.4 is 4.74 Å². The molecule has 9 heteroatoms. The average molecular weight is 422 g/mol. The van der Waals surface area contributed by atoms with Gasteiger partial charge in [0, 0.05) is 61.4 Å². The van der Waals surface area contributed by atoms with Gasteiger partial charge < -0.3 is 9.30 Å². The van der Waals surface area contributed by atoms with Gasteiger partial charge in [-0.3, -0.25) is 25.1 Å². The van der Waals surface area contributed by atoms with Crippen molar-refractivity contribution in [3.63, 3.8) is 0 Å². The number of rotatable bonds is 6. The van der Waals surface area contributed by atoms with Crippen LogP contribution in [0.4, 0.5) is 11.4 Å². The summed E-state index contributed by atoms with van der Waals surface area (Å²) in [5.41, 5.74) is 2.79. The number of nitro groups is 2. The third-order valence-corrected chi connectivity index (χ3v) is 5.62. The summed E-state index contributed by atoms with van der Waals surface area (Å²) in [6.07, 6.45) is 2.94. The number of methoxy groups -OCH3 is 1. The molecule has 4 rings (SSSR count). The molecule has 0 radical (unpaired) electrons. The normalized spacial score (nSPS) is 16.4. The minimum Gasteiger partial charge on any atom is -0.496 e. The summed E-state index contributed by atoms with van der Waals surface area (Å²) in [6, 6.07) is 15.1. The van der Waals surface area contributed by atoms with Gasteiger partial charge in [0.2, 0.25) is 0 Å². The summed E-state index contributed by atoms with van der Waals surface area (Å²) in [5.74, 6) is 0.590. The molecule has 1 aromatic heterocycles. The van der Waals surface area contributed by atoms with Gasteiger partial charge in [0.15, 0.2) is 0 Å². The molecule has 0 aliphatic carbocycles. The van der Waals surface area contributed by atoms with Crippen molar-refractivity contribution in [1.29, 1.82) is 0 Å². The third-order valence-electron chi connectivity index (χ3n) is 5.62. The SMILES string of the molecule is COc1ccc([N+](=O)[O-])cc1CN1CCCn2cccc2[C@H]1c1ccc([N+](=O)[O-])cc1. The van der Waals surface area contributed by atoms with Crippen molar-refractivity contribution in [2.75, 3.05) is 13.7 Å². The molecule has 1 aliphatic heterocycles. The Morgan fingerprint density at radius 1 is 1.00 bits per heavy atom. The van der Waals surface area contributed by atoms with Crippen molar-refractivity contribution < 1.29 is 14.6 Å². The molecule has 0 unspecified atom stereocenters. The van der Waals surface area contributed by atoms with Gasteiger partial charge in [0.1, 0.15) is 5.75 Å². The molecule has 160 valence electrons. The molecule has 0 saturated carbocycles. The molecule has 2 aromatic carbocycles. The Bertz CT molecular complexity index is 1110. The highest BCUT2D eigenvalue weighted by Crippen LogP contribution is 2.35. The second kappa shape index (κ2) is 8.57. The first kappa shape index (κ1) is 20.5. The van der Waals surface area contributed by atoms with E-state index in [9.17, 15) is 20.2 Å². The number of fused-ring (bicyclic) bond motifs is 1. The Morgan fingerprint density at radius 2 is 1.71 bits per heavy atom. The highest BCUT2D eigenvalue weighted by molar-refractivity contribution is 5.44. The monoisotopic (exact) mass is 422 g/mol. The van der Waals surface area contributed by atoms with Crippen LogP contribution in [-0.2, 0) is 13.1 Å². The van der Waals surface area contributed by atoms with Gasteiger partial charge in [-0.1, -0.05) is 12.1 Å². The lowest BCUT2D eigenvalue weighted by atomic mass is 10.0. The largest absolute Gasteiger partial charge is 0.496 e. The molecule has 1 atom stereocenters. The van der Waals surface area contributed by atoms with E-state index in [0.29, 0.717) is 12.3 Å². The summed E-state index contributed by atoms with van der Waals surface area (Å²) >= 11 is 0. The molecule has 0 saturated heterocycles. The number of nitrogens with zero attached hydrogens (tertiary/aromatic N) is 4. The number of nitro benzene ring substituents is 2. The van der Waals surface area contributed by atoms with Gasteiger partial charge in [-0.15, -0.1) is 0 Å². The number of hydrogen-bond acceptors (Lipinski definition) is 6. The maximum atomic E-state index is 11.3. The minimum atomic E-state index is -0.412. The lowest BCUT2D eigenvalue weighted by Crippen LogP contribution is -2.29. The first-order chi connectivity index (χ1) is 15.0. The lowest BCUT2D eigenvalue weighted by Gasteiger charge is -2.31. The zero-order valence-electron chi connectivity index (χ0n) is 17.0. The Morgan fingerprint density at radius 3 is 2.39 bits per heavy atom. The molecule has 9 nitrogen and oxygen atoms in total. The van der Waals surface area contributed by atoms with Crippen molar-refractivity contribution in [1.82, 2.24) is 9.47 Å². The zero-order chi connectivity index (χ0) is 22.0. The Kier molecular flexibility index (Phi) is 5.68. The zero-order valence-corrected chi connectivity index (χ0v) is 17.0. The second-order valence-electron chi connectivity index (χ2n) is 7.45. The fraction of sp³-hybridized carbons (Fsp3) is 0.273. The van der Waals surface area contributed by atoms with Crippen LogP contribution in [0.1, 0.15) is 29.3 Å². The number of aryl methyl sites for hydroxylation is 1. The molecular formula is C22H22N4O5. The van der Waals surface area contributed by atoms with E-state index in [1.54, 1.807) is 31.4 Å². The summed E-state index contributed by atoms with van der Waals surface area (Å²) < 4.78 is 7.65. The van der Waals surface area contributed by atoms with Crippen LogP contribution in [0, 0.1) is 20.2 Å². The van der Waals surface area contributed by atoms with Crippen molar-refractivity contribution in [3.8, 4) is 5.75 Å². The van der Waals surface area contributed by atoms with Gasteiger partial charge in [-0.25, -0.2) is 0 Å². The van der Waals surface area contributed by atoms with Gasteiger partial charge in [0.25, 0.3) is 11.4 Å². The van der Waals surface area contributed by atoms with Gasteiger partial charge in [-0.05, 0) is 30.2 Å². The van der Waals surface area contributed by atoms with E-state index < -0.39 is 9.85 Å². The number of benzene rings is 2. The van der Waals surface area contributed by atoms with E-state index in [0.717, 1.165) is 36.3 Å². The van der Waals surface area contributed by atoms with Gasteiger partial charge >= 0.3 is 0 Å². The molecule has 0 amide bonds. The van der Waals surface area contributed by atoms with Crippen molar-refractivity contribution >= 4 is 11.4 Å². The summed E-state index contributed by atoms with van der Waals surface area (Å²) in [7, 11) is 1.55. The number of hydrogen-bond donors (Lipinski definition) is 0. The molecule has 3 aromatic rings. The van der Waals surface area contributed by atoms with Crippen molar-refractivity contribution in [2.24, 2.45) is 0 Å². The van der Waals surface area contributed by atoms with E-state index in [2.05, 4.69) is 15.5 Å². The van der Waals surface area contributed by atoms with Crippen molar-refractivity contribution in [2.45, 2.75) is 25.6 Å². The maximum absolute atomic E-state index is 11.3. The molecule has 0 N–H and O–H groups in total. The maximum Gasteiger partial charge on any atom is 0.270 e. The van der Waals surface area contributed by atoms with Gasteiger partial charge in [-0.2, -0.15) is 0 Å². The fourth-order valence-corrected chi connectivity index (χ4v) is 4.19. The van der Waals surface area contributed by atoms with E-state index >= 15 is 0 Å². The lowest BCUT2D eigenvalue weighted by molar-refractivity contribution is -0.385. The number of aromatic nitrogens is 1. The summed E-state index contributed by atoms with van der Waals surface area (Å²) in [6.45, 7) is 2.06. The third kappa shape index (κ3) is 4.13. The van der Waals surface area contributed by atoms with Crippen molar-refractivity contribution in [3.05, 3.63) is 97.8 Å². The first-order valence-corrected chi connectivity index (χ1v) is 9.92. The quantitative estimate of drug-likeness (QED) is 0.433. The molecule has 0 fully saturated rings. The second-order valence-corrected chi connectivity index (χ2v) is 7.45. The summed E-state index contributed by atoms with van der Waals surface area (Å²) in [4.78, 5) is 23.8. The predicted octanol–water partition coefficient (Wildman–Crippen LogP) is 4.31. The van der Waals surface area contributed by atoms with Crippen LogP contribution in [0.3, 0.4) is 0 Å². The summed E-state index contributed by atoms with van der Waals surface area (Å²) in [5, 5.41) is 22.4. The molecule has 1 aliphatic rings. The van der Waals surface area contributed by atoms with Crippen LogP contribution >= 0.6 is 0 Å². The Hall–Kier alpha value is -3.72. The first-order valence-electron chi connectivity index (χ1n) is 9.92. The molecule has 31 heavy (non-hydrogen) atoms. The van der Waals surface area contributed by atoms with E-state index in [4.69, 9.17) is 4.74 Å². The van der Waals surface area contributed by atoms with Gasteiger partial charge in [0.05, 0.1) is 23.0 Å².